The van der Waals surface area contributed by atoms with Gasteiger partial charge in [-0.1, -0.05) is 77.9 Å². The molecule has 0 unspecified atom stereocenters. The molecular formula is C24H32O2Si. The molecule has 0 N–H and O–H groups in total. The smallest absolute Gasteiger partial charge is 0.258 e. The second-order valence-electron chi connectivity index (χ2n) is 8.69. The molecule has 0 fully saturated rings. The quantitative estimate of drug-likeness (QED) is 0.548. The Hall–Kier alpha value is -1.87. The Labute approximate surface area is 165 Å². The normalized spacial score (nSPS) is 14.3. The maximum Gasteiger partial charge on any atom is 0.258 e. The van der Waals surface area contributed by atoms with Crippen molar-refractivity contribution in [1.29, 1.82) is 0 Å². The van der Waals surface area contributed by atoms with Crippen LogP contribution in [0.1, 0.15) is 68.6 Å². The first-order valence-electron chi connectivity index (χ1n) is 10.2. The van der Waals surface area contributed by atoms with Crippen LogP contribution in [0.4, 0.5) is 0 Å². The van der Waals surface area contributed by atoms with Gasteiger partial charge in [0.1, 0.15) is 5.75 Å². The van der Waals surface area contributed by atoms with Crippen molar-refractivity contribution in [3.63, 3.8) is 0 Å². The molecule has 0 bridgehead atoms. The lowest BCUT2D eigenvalue weighted by molar-refractivity contribution is 0.103. The van der Waals surface area contributed by atoms with E-state index in [1.54, 1.807) is 0 Å². The Morgan fingerprint density at radius 1 is 0.778 bits per heavy atom. The summed E-state index contributed by atoms with van der Waals surface area (Å²) in [6.07, 6.45) is 1.74. The van der Waals surface area contributed by atoms with Crippen molar-refractivity contribution < 1.29 is 9.22 Å². The van der Waals surface area contributed by atoms with Gasteiger partial charge in [-0.25, -0.2) is 0 Å². The Balaban J connectivity index is 2.09. The van der Waals surface area contributed by atoms with Crippen molar-refractivity contribution in [1.82, 2.24) is 0 Å². The maximum atomic E-state index is 13.2. The minimum Gasteiger partial charge on any atom is -0.542 e. The van der Waals surface area contributed by atoms with Crippen molar-refractivity contribution in [3.05, 3.63) is 64.7 Å². The summed E-state index contributed by atoms with van der Waals surface area (Å²) in [5.74, 6) is 1.07. The lowest BCUT2D eigenvalue weighted by Crippen LogP contribution is -2.50. The Morgan fingerprint density at radius 2 is 1.37 bits per heavy atom. The molecule has 0 atom stereocenters. The van der Waals surface area contributed by atoms with E-state index < -0.39 is 8.32 Å². The molecule has 0 aromatic heterocycles. The van der Waals surface area contributed by atoms with Crippen molar-refractivity contribution in [3.8, 4) is 5.75 Å². The lowest BCUT2D eigenvalue weighted by Gasteiger charge is -2.42. The third kappa shape index (κ3) is 3.38. The minimum atomic E-state index is -2.06. The highest BCUT2D eigenvalue weighted by Gasteiger charge is 2.47. The first-order valence-corrected chi connectivity index (χ1v) is 12.4. The van der Waals surface area contributed by atoms with Crippen LogP contribution in [-0.4, -0.2) is 14.1 Å². The van der Waals surface area contributed by atoms with Crippen molar-refractivity contribution >= 4 is 14.1 Å². The summed E-state index contributed by atoms with van der Waals surface area (Å²) in [5.41, 5.74) is 5.42. The maximum absolute atomic E-state index is 13.2. The van der Waals surface area contributed by atoms with Crippen LogP contribution in [0.3, 0.4) is 0 Å². The molecule has 2 aromatic rings. The predicted molar refractivity (Wildman–Crippen MR) is 115 cm³/mol. The molecule has 0 heterocycles. The van der Waals surface area contributed by atoms with E-state index in [9.17, 15) is 4.79 Å². The minimum absolute atomic E-state index is 0.134. The third-order valence-corrected chi connectivity index (χ3v) is 12.3. The molecule has 144 valence electrons. The van der Waals surface area contributed by atoms with Crippen molar-refractivity contribution in [2.45, 2.75) is 71.0 Å². The fraction of sp³-hybridized carbons (Fsp3) is 0.458. The molecule has 2 nitrogen and oxygen atoms in total. The number of carbonyl (C=O) groups excluding carboxylic acids is 1. The van der Waals surface area contributed by atoms with Gasteiger partial charge < -0.3 is 4.43 Å². The molecule has 3 heteroatoms. The monoisotopic (exact) mass is 380 g/mol. The van der Waals surface area contributed by atoms with E-state index >= 15 is 0 Å². The molecule has 27 heavy (non-hydrogen) atoms. The summed E-state index contributed by atoms with van der Waals surface area (Å²) in [6, 6.07) is 14.0. The molecule has 0 saturated heterocycles. The van der Waals surface area contributed by atoms with Gasteiger partial charge in [-0.05, 0) is 41.1 Å². The Kier molecular flexibility index (Phi) is 5.62. The summed E-state index contributed by atoms with van der Waals surface area (Å²) in [5, 5.41) is 0. The van der Waals surface area contributed by atoms with Gasteiger partial charge in [-0.3, -0.25) is 4.79 Å². The summed E-state index contributed by atoms with van der Waals surface area (Å²) in [6.45, 7) is 13.8. The van der Waals surface area contributed by atoms with E-state index in [-0.39, 0.29) is 5.78 Å². The molecule has 0 saturated carbocycles. The van der Waals surface area contributed by atoms with Crippen LogP contribution in [0.25, 0.3) is 0 Å². The van der Waals surface area contributed by atoms with Crippen LogP contribution in [0, 0.1) is 0 Å². The molecule has 3 rings (SSSR count). The van der Waals surface area contributed by atoms with Crippen LogP contribution in [0.15, 0.2) is 42.5 Å². The fourth-order valence-electron chi connectivity index (χ4n) is 5.04. The molecule has 0 spiro atoms. The van der Waals surface area contributed by atoms with Crippen molar-refractivity contribution in [2.75, 3.05) is 0 Å². The molecule has 1 aliphatic carbocycles. The van der Waals surface area contributed by atoms with Gasteiger partial charge in [0, 0.05) is 16.7 Å². The number of benzene rings is 2. The molecule has 2 aromatic carbocycles. The zero-order valence-electron chi connectivity index (χ0n) is 17.5. The Bertz CT molecular complexity index is 814. The standard InChI is InChI=1S/C24H32O2Si/c1-16(2)27(17(3)4,18(5)6)26-23-13-9-12-22-21(23)15-14-19-10-7-8-11-20(19)24(22)25/h7-13,16-18H,14-15H2,1-6H3. The molecule has 0 amide bonds. The number of carbonyl (C=O) groups is 1. The highest BCUT2D eigenvalue weighted by molar-refractivity contribution is 6.78. The summed E-state index contributed by atoms with van der Waals surface area (Å²) in [4.78, 5) is 13.2. The van der Waals surface area contributed by atoms with E-state index in [4.69, 9.17) is 4.43 Å². The lowest BCUT2D eigenvalue weighted by atomic mass is 9.99. The second-order valence-corrected chi connectivity index (χ2v) is 14.1. The van der Waals surface area contributed by atoms with E-state index in [0.29, 0.717) is 16.6 Å². The number of ketones is 1. The van der Waals surface area contributed by atoms with Crippen LogP contribution < -0.4 is 4.43 Å². The zero-order chi connectivity index (χ0) is 19.8. The van der Waals surface area contributed by atoms with Crippen LogP contribution in [0.5, 0.6) is 5.75 Å². The number of fused-ring (bicyclic) bond motifs is 2. The summed E-state index contributed by atoms with van der Waals surface area (Å²) >= 11 is 0. The number of aryl methyl sites for hydroxylation is 1. The highest BCUT2D eigenvalue weighted by Crippen LogP contribution is 2.44. The van der Waals surface area contributed by atoms with Gasteiger partial charge in [-0.15, -0.1) is 0 Å². The first-order chi connectivity index (χ1) is 12.8. The Morgan fingerprint density at radius 3 is 2.00 bits per heavy atom. The fourth-order valence-corrected chi connectivity index (χ4v) is 10.3. The van der Waals surface area contributed by atoms with Gasteiger partial charge in [-0.2, -0.15) is 0 Å². The highest BCUT2D eigenvalue weighted by atomic mass is 28.4. The molecule has 0 aliphatic heterocycles. The van der Waals surface area contributed by atoms with E-state index in [2.05, 4.69) is 53.7 Å². The van der Waals surface area contributed by atoms with Crippen molar-refractivity contribution in [2.24, 2.45) is 0 Å². The molecule has 1 aliphatic rings. The summed E-state index contributed by atoms with van der Waals surface area (Å²) in [7, 11) is -2.06. The van der Waals surface area contributed by atoms with Gasteiger partial charge >= 0.3 is 0 Å². The largest absolute Gasteiger partial charge is 0.542 e. The third-order valence-electron chi connectivity index (χ3n) is 6.28. The second kappa shape index (κ2) is 7.63. The van der Waals surface area contributed by atoms with Crippen LogP contribution in [0.2, 0.25) is 16.6 Å². The van der Waals surface area contributed by atoms with Gasteiger partial charge in [0.05, 0.1) is 0 Å². The molecular weight excluding hydrogens is 348 g/mol. The average molecular weight is 381 g/mol. The first kappa shape index (κ1) is 19.9. The van der Waals surface area contributed by atoms with Gasteiger partial charge in [0.25, 0.3) is 8.32 Å². The van der Waals surface area contributed by atoms with Gasteiger partial charge in [0.15, 0.2) is 5.78 Å². The SMILES string of the molecule is CC(C)[Si](Oc1cccc2c1CCc1ccccc1C2=O)(C(C)C)C(C)C. The van der Waals surface area contributed by atoms with E-state index in [1.165, 1.54) is 0 Å². The molecule has 0 radical (unpaired) electrons. The number of hydrogen-bond donors (Lipinski definition) is 0. The predicted octanol–water partition coefficient (Wildman–Crippen LogP) is 6.57. The number of hydrogen-bond acceptors (Lipinski definition) is 2. The average Bonchev–Trinajstić information content (AvgIpc) is 2.77. The topological polar surface area (TPSA) is 26.3 Å². The summed E-state index contributed by atoms with van der Waals surface area (Å²) < 4.78 is 6.97. The van der Waals surface area contributed by atoms with Crippen LogP contribution in [-0.2, 0) is 12.8 Å². The number of rotatable bonds is 5. The van der Waals surface area contributed by atoms with Gasteiger partial charge in [0.2, 0.25) is 0 Å². The zero-order valence-corrected chi connectivity index (χ0v) is 18.5. The van der Waals surface area contributed by atoms with E-state index in [1.807, 2.05) is 30.3 Å². The van der Waals surface area contributed by atoms with E-state index in [0.717, 1.165) is 40.8 Å². The van der Waals surface area contributed by atoms with Crippen LogP contribution >= 0.6 is 0 Å².